The smallest absolute Gasteiger partial charge is 0.277 e. The summed E-state index contributed by atoms with van der Waals surface area (Å²) in [4.78, 5) is 32.3. The molecule has 0 unspecified atom stereocenters. The van der Waals surface area contributed by atoms with Crippen LogP contribution in [0.15, 0.2) is 42.5 Å². The fourth-order valence-corrected chi connectivity index (χ4v) is 2.15. The van der Waals surface area contributed by atoms with Gasteiger partial charge in [-0.2, -0.15) is 0 Å². The van der Waals surface area contributed by atoms with E-state index in [2.05, 4.69) is 0 Å². The summed E-state index contributed by atoms with van der Waals surface area (Å²) in [5, 5.41) is 21.7. The molecule has 0 heterocycles. The van der Waals surface area contributed by atoms with Crippen LogP contribution in [0.1, 0.15) is 10.4 Å². The molecule has 11 heteroatoms. The van der Waals surface area contributed by atoms with Gasteiger partial charge in [0.25, 0.3) is 17.3 Å². The molecule has 0 aliphatic heterocycles. The van der Waals surface area contributed by atoms with E-state index in [1.54, 1.807) is 24.3 Å². The van der Waals surface area contributed by atoms with Crippen molar-refractivity contribution in [3.05, 3.63) is 68.3 Å². The maximum Gasteiger partial charge on any atom is 0.277 e. The molecule has 0 aromatic heterocycles. The number of nitro groups is 2. The molecule has 0 aliphatic carbocycles. The zero-order chi connectivity index (χ0) is 19.3. The van der Waals surface area contributed by atoms with E-state index >= 15 is 0 Å². The van der Waals surface area contributed by atoms with Crippen LogP contribution in [-0.2, 0) is 0 Å². The molecular formula is C15H13ClN4O6. The highest BCUT2D eigenvalue weighted by Gasteiger charge is 2.22. The molecule has 0 radical (unpaired) electrons. The third-order valence-electron chi connectivity index (χ3n) is 3.23. The zero-order valence-electron chi connectivity index (χ0n) is 13.2. The van der Waals surface area contributed by atoms with Gasteiger partial charge in [0.05, 0.1) is 28.0 Å². The maximum absolute atomic E-state index is 12.3. The maximum atomic E-state index is 12.3. The lowest BCUT2D eigenvalue weighted by atomic mass is 10.1. The van der Waals surface area contributed by atoms with E-state index in [0.29, 0.717) is 11.4 Å². The van der Waals surface area contributed by atoms with Crippen LogP contribution in [0.4, 0.5) is 17.1 Å². The Hall–Kier alpha value is -3.40. The van der Waals surface area contributed by atoms with Gasteiger partial charge in [-0.1, -0.05) is 0 Å². The second kappa shape index (κ2) is 8.12. The van der Waals surface area contributed by atoms with Crippen molar-refractivity contribution in [2.24, 2.45) is 0 Å². The number of benzene rings is 2. The molecule has 26 heavy (non-hydrogen) atoms. The van der Waals surface area contributed by atoms with Gasteiger partial charge in [-0.3, -0.25) is 25.0 Å². The average molecular weight is 381 g/mol. The molecule has 0 bridgehead atoms. The predicted octanol–water partition coefficient (Wildman–Crippen LogP) is 2.76. The molecule has 2 rings (SSSR count). The van der Waals surface area contributed by atoms with Gasteiger partial charge in [0.15, 0.2) is 0 Å². The molecule has 2 aromatic carbocycles. The first-order chi connectivity index (χ1) is 12.3. The van der Waals surface area contributed by atoms with E-state index in [1.807, 2.05) is 0 Å². The first kappa shape index (κ1) is 18.9. The highest BCUT2D eigenvalue weighted by atomic mass is 35.5. The molecule has 10 nitrogen and oxygen atoms in total. The van der Waals surface area contributed by atoms with Gasteiger partial charge >= 0.3 is 0 Å². The van der Waals surface area contributed by atoms with Gasteiger partial charge in [-0.05, 0) is 24.3 Å². The lowest BCUT2D eigenvalue weighted by molar-refractivity contribution is -0.394. The number of carbonyl (C=O) groups excluding carboxylic acids is 1. The number of non-ortho nitro benzene ring substituents is 2. The first-order valence-electron chi connectivity index (χ1n) is 7.18. The third-order valence-corrected chi connectivity index (χ3v) is 3.55. The SMILES string of the molecule is Nc1ccc(OCCN(Cl)C(=O)c2cc([N+](=O)[O-])cc([N+](=O)[O-])c2)cc1. The topological polar surface area (TPSA) is 142 Å². The number of nitrogens with zero attached hydrogens (tertiary/aromatic N) is 3. The van der Waals surface area contributed by atoms with Gasteiger partial charge < -0.3 is 10.5 Å². The summed E-state index contributed by atoms with van der Waals surface area (Å²) in [7, 11) is 0. The van der Waals surface area contributed by atoms with Crippen LogP contribution in [0.5, 0.6) is 5.75 Å². The van der Waals surface area contributed by atoms with Crippen molar-refractivity contribution in [3.63, 3.8) is 0 Å². The second-order valence-corrected chi connectivity index (χ2v) is 5.47. The van der Waals surface area contributed by atoms with Gasteiger partial charge in [0.2, 0.25) is 0 Å². The van der Waals surface area contributed by atoms with Gasteiger partial charge in [0, 0.05) is 29.6 Å². The Morgan fingerprint density at radius 2 is 1.62 bits per heavy atom. The number of halogens is 1. The van der Waals surface area contributed by atoms with E-state index in [0.717, 1.165) is 22.6 Å². The normalized spacial score (nSPS) is 10.2. The van der Waals surface area contributed by atoms with E-state index in [9.17, 15) is 25.0 Å². The van der Waals surface area contributed by atoms with Crippen LogP contribution in [-0.4, -0.2) is 33.3 Å². The molecule has 0 saturated heterocycles. The number of carbonyl (C=O) groups is 1. The summed E-state index contributed by atoms with van der Waals surface area (Å²) >= 11 is 5.87. The molecule has 2 aromatic rings. The molecule has 0 atom stereocenters. The highest BCUT2D eigenvalue weighted by Crippen LogP contribution is 2.24. The zero-order valence-corrected chi connectivity index (χ0v) is 14.0. The minimum atomic E-state index is -0.827. The van der Waals surface area contributed by atoms with Crippen molar-refractivity contribution >= 4 is 34.7 Å². The van der Waals surface area contributed by atoms with Crippen molar-refractivity contribution in [1.29, 1.82) is 0 Å². The Morgan fingerprint density at radius 1 is 1.08 bits per heavy atom. The quantitative estimate of drug-likeness (QED) is 0.336. The molecule has 0 spiro atoms. The predicted molar refractivity (Wildman–Crippen MR) is 93.0 cm³/mol. The monoisotopic (exact) mass is 380 g/mol. The number of amides is 1. The summed E-state index contributed by atoms with van der Waals surface area (Å²) in [5.41, 5.74) is 4.69. The van der Waals surface area contributed by atoms with E-state index in [-0.39, 0.29) is 18.7 Å². The molecule has 0 saturated carbocycles. The van der Waals surface area contributed by atoms with E-state index < -0.39 is 27.1 Å². The van der Waals surface area contributed by atoms with Crippen LogP contribution in [0.25, 0.3) is 0 Å². The van der Waals surface area contributed by atoms with Crippen LogP contribution < -0.4 is 10.5 Å². The minimum absolute atomic E-state index is 0.0379. The third kappa shape index (κ3) is 4.80. The summed E-state index contributed by atoms with van der Waals surface area (Å²) in [6, 6.07) is 9.16. The number of nitro benzene ring substituents is 2. The fraction of sp³-hybridized carbons (Fsp3) is 0.133. The summed E-state index contributed by atoms with van der Waals surface area (Å²) < 4.78 is 6.13. The Kier molecular flexibility index (Phi) is 5.91. The molecule has 0 fully saturated rings. The number of hydrogen-bond acceptors (Lipinski definition) is 7. The highest BCUT2D eigenvalue weighted by molar-refractivity contribution is 6.24. The van der Waals surface area contributed by atoms with Crippen LogP contribution in [0.3, 0.4) is 0 Å². The number of anilines is 1. The Bertz CT molecular complexity index is 810. The van der Waals surface area contributed by atoms with Crippen molar-refractivity contribution < 1.29 is 19.4 Å². The largest absolute Gasteiger partial charge is 0.492 e. The summed E-state index contributed by atoms with van der Waals surface area (Å²) in [6.45, 7) is -0.0164. The average Bonchev–Trinajstić information content (AvgIpc) is 2.62. The van der Waals surface area contributed by atoms with E-state index in [1.165, 1.54) is 0 Å². The number of nitrogens with two attached hydrogens (primary N) is 1. The molecule has 0 aliphatic rings. The molecular weight excluding hydrogens is 368 g/mol. The van der Waals surface area contributed by atoms with Crippen LogP contribution in [0, 0.1) is 20.2 Å². The van der Waals surface area contributed by atoms with Gasteiger partial charge in [-0.15, -0.1) is 0 Å². The van der Waals surface area contributed by atoms with Gasteiger partial charge in [0.1, 0.15) is 12.4 Å². The molecule has 136 valence electrons. The molecule has 2 N–H and O–H groups in total. The Balaban J connectivity index is 2.06. The van der Waals surface area contributed by atoms with Crippen LogP contribution in [0.2, 0.25) is 0 Å². The van der Waals surface area contributed by atoms with Crippen molar-refractivity contribution in [1.82, 2.24) is 4.42 Å². The second-order valence-electron chi connectivity index (χ2n) is 5.06. The van der Waals surface area contributed by atoms with E-state index in [4.69, 9.17) is 22.2 Å². The minimum Gasteiger partial charge on any atom is -0.492 e. The number of ether oxygens (including phenoxy) is 1. The first-order valence-corrected chi connectivity index (χ1v) is 7.51. The number of rotatable bonds is 7. The number of hydrogen-bond donors (Lipinski definition) is 1. The molecule has 1 amide bonds. The van der Waals surface area contributed by atoms with Crippen molar-refractivity contribution in [3.8, 4) is 5.75 Å². The number of nitrogen functional groups attached to an aromatic ring is 1. The lowest BCUT2D eigenvalue weighted by Crippen LogP contribution is -2.26. The Morgan fingerprint density at radius 3 is 2.12 bits per heavy atom. The standard InChI is InChI=1S/C15H13ClN4O6/c16-18(5-6-26-14-3-1-11(17)2-4-14)15(21)10-7-12(19(22)23)9-13(8-10)20(24)25/h1-4,7-9H,5-6,17H2. The van der Waals surface area contributed by atoms with Gasteiger partial charge in [-0.25, -0.2) is 4.42 Å². The van der Waals surface area contributed by atoms with Crippen molar-refractivity contribution in [2.75, 3.05) is 18.9 Å². The Labute approximate surface area is 152 Å². The summed E-state index contributed by atoms with van der Waals surface area (Å²) in [6.07, 6.45) is 0. The fourth-order valence-electron chi connectivity index (χ4n) is 1.98. The van der Waals surface area contributed by atoms with Crippen LogP contribution >= 0.6 is 11.8 Å². The summed E-state index contributed by atoms with van der Waals surface area (Å²) in [5.74, 6) is -0.304. The van der Waals surface area contributed by atoms with Crippen molar-refractivity contribution in [2.45, 2.75) is 0 Å². The lowest BCUT2D eigenvalue weighted by Gasteiger charge is -2.14.